The zero-order chi connectivity index (χ0) is 11.1. The van der Waals surface area contributed by atoms with Gasteiger partial charge in [0.25, 0.3) is 0 Å². The maximum atomic E-state index is 11.5. The van der Waals surface area contributed by atoms with Gasteiger partial charge in [-0.1, -0.05) is 12.1 Å². The molecule has 1 N–H and O–H groups in total. The van der Waals surface area contributed by atoms with Crippen molar-refractivity contribution in [1.82, 2.24) is 24.5 Å². The number of nitrogens with zero attached hydrogens (tertiary/aromatic N) is 4. The summed E-state index contributed by atoms with van der Waals surface area (Å²) >= 11 is 0. The maximum absolute atomic E-state index is 11.5. The van der Waals surface area contributed by atoms with Crippen LogP contribution in [-0.4, -0.2) is 24.5 Å². The molecule has 0 bridgehead atoms. The minimum Gasteiger partial charge on any atom is -0.266 e. The largest absolute Gasteiger partial charge is 0.349 e. The first kappa shape index (κ1) is 8.90. The molecule has 0 aliphatic rings. The predicted molar refractivity (Wildman–Crippen MR) is 58.5 cm³/mol. The van der Waals surface area contributed by atoms with Gasteiger partial charge in [-0.05, 0) is 12.1 Å². The van der Waals surface area contributed by atoms with Gasteiger partial charge in [-0.15, -0.1) is 0 Å². The number of benzene rings is 1. The lowest BCUT2D eigenvalue weighted by Crippen LogP contribution is -2.14. The first-order valence-electron chi connectivity index (χ1n) is 4.81. The monoisotopic (exact) mass is 215 g/mol. The van der Waals surface area contributed by atoms with Crippen LogP contribution in [0.2, 0.25) is 0 Å². The molecular weight excluding hydrogens is 206 g/mol. The van der Waals surface area contributed by atoms with Crippen LogP contribution in [0.1, 0.15) is 0 Å². The standard InChI is InChI=1S/C10H9N5O/c1-14-8-5-3-2-4-7(8)9(13-14)15-6-11-12-10(15)16/h2-6H,1H3,(H,12,16). The number of rotatable bonds is 1. The molecule has 2 aromatic heterocycles. The Morgan fingerprint density at radius 1 is 1.31 bits per heavy atom. The van der Waals surface area contributed by atoms with E-state index in [1.807, 2.05) is 31.3 Å². The molecule has 0 aliphatic heterocycles. The van der Waals surface area contributed by atoms with Crippen molar-refractivity contribution in [3.63, 3.8) is 0 Å². The number of aromatic amines is 1. The highest BCUT2D eigenvalue weighted by Gasteiger charge is 2.11. The number of hydrogen-bond acceptors (Lipinski definition) is 3. The summed E-state index contributed by atoms with van der Waals surface area (Å²) in [4.78, 5) is 11.5. The Bertz CT molecular complexity index is 705. The summed E-state index contributed by atoms with van der Waals surface area (Å²) in [6, 6.07) is 7.73. The van der Waals surface area contributed by atoms with Gasteiger partial charge >= 0.3 is 5.69 Å². The number of hydrogen-bond donors (Lipinski definition) is 1. The van der Waals surface area contributed by atoms with Crippen molar-refractivity contribution in [2.45, 2.75) is 0 Å². The Balaban J connectivity index is 2.41. The lowest BCUT2D eigenvalue weighted by Gasteiger charge is -1.93. The Morgan fingerprint density at radius 2 is 2.12 bits per heavy atom. The van der Waals surface area contributed by atoms with Gasteiger partial charge in [0.15, 0.2) is 5.82 Å². The van der Waals surface area contributed by atoms with Crippen molar-refractivity contribution in [3.8, 4) is 5.82 Å². The molecule has 6 nitrogen and oxygen atoms in total. The van der Waals surface area contributed by atoms with Gasteiger partial charge in [0, 0.05) is 12.4 Å². The van der Waals surface area contributed by atoms with Crippen LogP contribution in [0.5, 0.6) is 0 Å². The van der Waals surface area contributed by atoms with Crippen molar-refractivity contribution in [3.05, 3.63) is 41.1 Å². The number of para-hydroxylation sites is 1. The Kier molecular flexibility index (Phi) is 1.70. The van der Waals surface area contributed by atoms with Crippen molar-refractivity contribution < 1.29 is 0 Å². The van der Waals surface area contributed by atoms with Crippen LogP contribution in [0, 0.1) is 0 Å². The van der Waals surface area contributed by atoms with Gasteiger partial charge < -0.3 is 0 Å². The summed E-state index contributed by atoms with van der Waals surface area (Å²) in [5.74, 6) is 0.594. The van der Waals surface area contributed by atoms with Crippen molar-refractivity contribution in [1.29, 1.82) is 0 Å². The van der Waals surface area contributed by atoms with Crippen LogP contribution in [-0.2, 0) is 7.05 Å². The zero-order valence-electron chi connectivity index (χ0n) is 8.58. The van der Waals surface area contributed by atoms with Crippen LogP contribution in [0.15, 0.2) is 35.4 Å². The lowest BCUT2D eigenvalue weighted by atomic mass is 10.2. The Hall–Kier alpha value is -2.37. The molecule has 1 aromatic carbocycles. The Morgan fingerprint density at radius 3 is 2.88 bits per heavy atom. The molecule has 0 unspecified atom stereocenters. The summed E-state index contributed by atoms with van der Waals surface area (Å²) in [6.45, 7) is 0. The first-order chi connectivity index (χ1) is 7.77. The van der Waals surface area contributed by atoms with Crippen LogP contribution in [0.4, 0.5) is 0 Å². The average molecular weight is 215 g/mol. The highest BCUT2D eigenvalue weighted by molar-refractivity contribution is 5.86. The van der Waals surface area contributed by atoms with E-state index in [0.717, 1.165) is 10.9 Å². The van der Waals surface area contributed by atoms with Crippen molar-refractivity contribution in [2.75, 3.05) is 0 Å². The van der Waals surface area contributed by atoms with E-state index in [1.54, 1.807) is 4.68 Å². The summed E-state index contributed by atoms with van der Waals surface area (Å²) in [6.07, 6.45) is 1.43. The fourth-order valence-corrected chi connectivity index (χ4v) is 1.77. The van der Waals surface area contributed by atoms with Gasteiger partial charge in [-0.25, -0.2) is 14.5 Å². The number of fused-ring (bicyclic) bond motifs is 1. The predicted octanol–water partition coefficient (Wildman–Crippen LogP) is 0.447. The topological polar surface area (TPSA) is 68.5 Å². The van der Waals surface area contributed by atoms with E-state index in [0.29, 0.717) is 5.82 Å². The zero-order valence-corrected chi connectivity index (χ0v) is 8.58. The SMILES string of the molecule is Cn1nc(-n2cn[nH]c2=O)c2ccccc21. The van der Waals surface area contributed by atoms with E-state index in [2.05, 4.69) is 15.3 Å². The highest BCUT2D eigenvalue weighted by atomic mass is 16.1. The molecular formula is C10H9N5O. The van der Waals surface area contributed by atoms with Gasteiger partial charge in [-0.3, -0.25) is 4.68 Å². The minimum atomic E-state index is -0.288. The molecule has 0 fully saturated rings. The number of nitrogens with one attached hydrogen (secondary N) is 1. The molecule has 0 radical (unpaired) electrons. The van der Waals surface area contributed by atoms with Crippen LogP contribution in [0.3, 0.4) is 0 Å². The fraction of sp³-hybridized carbons (Fsp3) is 0.100. The minimum absolute atomic E-state index is 0.288. The number of aromatic nitrogens is 5. The quantitative estimate of drug-likeness (QED) is 0.640. The second kappa shape index (κ2) is 3.06. The number of H-pyrrole nitrogens is 1. The molecule has 0 amide bonds. The highest BCUT2D eigenvalue weighted by Crippen LogP contribution is 2.19. The molecule has 0 saturated carbocycles. The van der Waals surface area contributed by atoms with Crippen molar-refractivity contribution >= 4 is 10.9 Å². The molecule has 2 heterocycles. The third-order valence-electron chi connectivity index (χ3n) is 2.52. The van der Waals surface area contributed by atoms with Gasteiger partial charge in [0.1, 0.15) is 6.33 Å². The summed E-state index contributed by atoms with van der Waals surface area (Å²) < 4.78 is 3.13. The Labute approximate surface area is 90.1 Å². The van der Waals surface area contributed by atoms with Crippen LogP contribution in [0.25, 0.3) is 16.7 Å². The fourth-order valence-electron chi connectivity index (χ4n) is 1.77. The summed E-state index contributed by atoms with van der Waals surface area (Å²) in [7, 11) is 1.84. The number of aryl methyl sites for hydroxylation is 1. The van der Waals surface area contributed by atoms with E-state index in [9.17, 15) is 4.79 Å². The molecule has 0 atom stereocenters. The summed E-state index contributed by atoms with van der Waals surface area (Å²) in [5.41, 5.74) is 0.689. The van der Waals surface area contributed by atoms with Crippen LogP contribution >= 0.6 is 0 Å². The van der Waals surface area contributed by atoms with E-state index in [-0.39, 0.29) is 5.69 Å². The average Bonchev–Trinajstić information content (AvgIpc) is 2.84. The smallest absolute Gasteiger partial charge is 0.266 e. The van der Waals surface area contributed by atoms with E-state index in [1.165, 1.54) is 10.9 Å². The second-order valence-electron chi connectivity index (χ2n) is 3.50. The molecule has 3 aromatic rings. The molecule has 0 aliphatic carbocycles. The van der Waals surface area contributed by atoms with Gasteiger partial charge in [0.2, 0.25) is 0 Å². The normalized spacial score (nSPS) is 11.1. The lowest BCUT2D eigenvalue weighted by molar-refractivity contribution is 0.769. The van der Waals surface area contributed by atoms with E-state index < -0.39 is 0 Å². The molecule has 6 heteroatoms. The second-order valence-corrected chi connectivity index (χ2v) is 3.50. The third kappa shape index (κ3) is 1.10. The van der Waals surface area contributed by atoms with Crippen molar-refractivity contribution in [2.24, 2.45) is 7.05 Å². The summed E-state index contributed by atoms with van der Waals surface area (Å²) in [5, 5.41) is 11.3. The third-order valence-corrected chi connectivity index (χ3v) is 2.52. The van der Waals surface area contributed by atoms with E-state index >= 15 is 0 Å². The molecule has 0 spiro atoms. The molecule has 16 heavy (non-hydrogen) atoms. The molecule has 0 saturated heterocycles. The first-order valence-corrected chi connectivity index (χ1v) is 4.81. The molecule has 3 rings (SSSR count). The van der Waals surface area contributed by atoms with Crippen LogP contribution < -0.4 is 5.69 Å². The van der Waals surface area contributed by atoms with Gasteiger partial charge in [-0.2, -0.15) is 10.2 Å². The maximum Gasteiger partial charge on any atom is 0.349 e. The molecule has 80 valence electrons. The van der Waals surface area contributed by atoms with Gasteiger partial charge in [0.05, 0.1) is 5.52 Å². The van der Waals surface area contributed by atoms with E-state index in [4.69, 9.17) is 0 Å².